The number of hydrogen-bond acceptors (Lipinski definition) is 3. The molecular formula is C17H23F2N3. The zero-order valence-electron chi connectivity index (χ0n) is 12.9. The maximum Gasteiger partial charge on any atom is 0.128 e. The fourth-order valence-electron chi connectivity index (χ4n) is 2.97. The molecule has 0 aliphatic carbocycles. The molecule has 4 N–H and O–H groups in total. The molecular weight excluding hydrogens is 284 g/mol. The summed E-state index contributed by atoms with van der Waals surface area (Å²) in [4.78, 5) is 2.13. The van der Waals surface area contributed by atoms with Crippen LogP contribution in [0.3, 0.4) is 0 Å². The zero-order chi connectivity index (χ0) is 16.1. The molecule has 1 aromatic carbocycles. The lowest BCUT2D eigenvalue weighted by atomic mass is 9.94. The van der Waals surface area contributed by atoms with Gasteiger partial charge >= 0.3 is 0 Å². The van der Waals surface area contributed by atoms with E-state index in [1.165, 1.54) is 18.3 Å². The molecule has 1 aliphatic heterocycles. The molecule has 0 spiro atoms. The molecule has 0 bridgehead atoms. The predicted octanol–water partition coefficient (Wildman–Crippen LogP) is 2.94. The Kier molecular flexibility index (Phi) is 5.55. The molecule has 1 aliphatic rings. The van der Waals surface area contributed by atoms with Crippen molar-refractivity contribution in [2.45, 2.75) is 38.8 Å². The minimum Gasteiger partial charge on any atom is -0.405 e. The van der Waals surface area contributed by atoms with E-state index in [9.17, 15) is 8.78 Å². The summed E-state index contributed by atoms with van der Waals surface area (Å²) in [6.45, 7) is 2.76. The van der Waals surface area contributed by atoms with Crippen molar-refractivity contribution in [3.63, 3.8) is 0 Å². The normalized spacial score (nSPS) is 20.7. The third-order valence-electron chi connectivity index (χ3n) is 4.18. The molecule has 1 saturated heterocycles. The molecule has 5 heteroatoms. The molecule has 1 unspecified atom stereocenters. The fourth-order valence-corrected chi connectivity index (χ4v) is 2.97. The van der Waals surface area contributed by atoms with Gasteiger partial charge in [-0.2, -0.15) is 0 Å². The van der Waals surface area contributed by atoms with Gasteiger partial charge < -0.3 is 11.5 Å². The summed E-state index contributed by atoms with van der Waals surface area (Å²) < 4.78 is 27.8. The number of nitrogens with zero attached hydrogens (tertiary/aromatic N) is 1. The second-order valence-electron chi connectivity index (χ2n) is 5.70. The Morgan fingerprint density at radius 2 is 2.05 bits per heavy atom. The average molecular weight is 307 g/mol. The average Bonchev–Trinajstić information content (AvgIpc) is 2.51. The topological polar surface area (TPSA) is 55.3 Å². The summed E-state index contributed by atoms with van der Waals surface area (Å²) >= 11 is 0. The standard InChI is InChI=1S/C17H23F2N3/c1-12-8-16(19)14(9-15(12)18)11-22-7-3-2-4-17(22)13(10-21)5-6-20/h5-6,8-10,17H,2-4,7,11,20-21H2,1H3/b6-5-,13-10+. The Bertz CT molecular complexity index is 582. The number of likely N-dealkylation sites (tertiary alicyclic amines) is 1. The van der Waals surface area contributed by atoms with Crippen molar-refractivity contribution in [1.29, 1.82) is 0 Å². The van der Waals surface area contributed by atoms with E-state index >= 15 is 0 Å². The summed E-state index contributed by atoms with van der Waals surface area (Å²) in [5, 5.41) is 0. The van der Waals surface area contributed by atoms with Gasteiger partial charge in [-0.15, -0.1) is 0 Å². The van der Waals surface area contributed by atoms with Crippen LogP contribution in [0.2, 0.25) is 0 Å². The van der Waals surface area contributed by atoms with Crippen LogP contribution >= 0.6 is 0 Å². The van der Waals surface area contributed by atoms with Gasteiger partial charge in [0.2, 0.25) is 0 Å². The van der Waals surface area contributed by atoms with Gasteiger partial charge in [0.1, 0.15) is 11.6 Å². The highest BCUT2D eigenvalue weighted by molar-refractivity contribution is 5.27. The first kappa shape index (κ1) is 16.5. The largest absolute Gasteiger partial charge is 0.405 e. The van der Waals surface area contributed by atoms with E-state index in [2.05, 4.69) is 4.90 Å². The van der Waals surface area contributed by atoms with Gasteiger partial charge in [0.05, 0.1) is 0 Å². The molecule has 1 heterocycles. The number of nitrogens with two attached hydrogens (primary N) is 2. The Morgan fingerprint density at radius 3 is 2.73 bits per heavy atom. The summed E-state index contributed by atoms with van der Waals surface area (Å²) in [5.74, 6) is -0.739. The molecule has 0 aromatic heterocycles. The maximum absolute atomic E-state index is 14.1. The number of benzene rings is 1. The van der Waals surface area contributed by atoms with Crippen LogP contribution in [-0.2, 0) is 6.54 Å². The molecule has 0 saturated carbocycles. The van der Waals surface area contributed by atoms with E-state index in [-0.39, 0.29) is 17.7 Å². The van der Waals surface area contributed by atoms with Crippen molar-refractivity contribution >= 4 is 0 Å². The van der Waals surface area contributed by atoms with E-state index in [0.717, 1.165) is 31.4 Å². The number of halogens is 2. The molecule has 3 nitrogen and oxygen atoms in total. The first-order chi connectivity index (χ1) is 10.6. The maximum atomic E-state index is 14.1. The molecule has 1 fully saturated rings. The first-order valence-corrected chi connectivity index (χ1v) is 7.55. The van der Waals surface area contributed by atoms with Crippen molar-refractivity contribution in [2.75, 3.05) is 6.54 Å². The highest BCUT2D eigenvalue weighted by atomic mass is 19.1. The Morgan fingerprint density at radius 1 is 1.27 bits per heavy atom. The number of aryl methyl sites for hydroxylation is 1. The monoisotopic (exact) mass is 307 g/mol. The third-order valence-corrected chi connectivity index (χ3v) is 4.18. The van der Waals surface area contributed by atoms with Gasteiger partial charge in [0.15, 0.2) is 0 Å². The van der Waals surface area contributed by atoms with E-state index in [1.807, 2.05) is 0 Å². The molecule has 0 radical (unpaired) electrons. The van der Waals surface area contributed by atoms with Crippen LogP contribution in [0.25, 0.3) is 0 Å². The lowest BCUT2D eigenvalue weighted by Gasteiger charge is -2.36. The SMILES string of the molecule is Cc1cc(F)c(CN2CCCCC2C(/C=C\N)=C/N)cc1F. The Balaban J connectivity index is 2.24. The summed E-state index contributed by atoms with van der Waals surface area (Å²) in [6, 6.07) is 2.63. The second kappa shape index (κ2) is 7.40. The van der Waals surface area contributed by atoms with Crippen LogP contribution < -0.4 is 11.5 Å². The lowest BCUT2D eigenvalue weighted by molar-refractivity contribution is 0.164. The highest BCUT2D eigenvalue weighted by Crippen LogP contribution is 2.26. The highest BCUT2D eigenvalue weighted by Gasteiger charge is 2.25. The van der Waals surface area contributed by atoms with Gasteiger partial charge in [-0.25, -0.2) is 8.78 Å². The molecule has 1 aromatic rings. The number of rotatable bonds is 4. The van der Waals surface area contributed by atoms with Crippen molar-refractivity contribution in [3.8, 4) is 0 Å². The quantitative estimate of drug-likeness (QED) is 0.841. The van der Waals surface area contributed by atoms with E-state index in [1.54, 1.807) is 19.2 Å². The van der Waals surface area contributed by atoms with Gasteiger partial charge in [0.25, 0.3) is 0 Å². The number of hydrogen-bond donors (Lipinski definition) is 2. The van der Waals surface area contributed by atoms with Gasteiger partial charge in [0, 0.05) is 18.2 Å². The Hall–Kier alpha value is -1.88. The van der Waals surface area contributed by atoms with Crippen LogP contribution in [0.4, 0.5) is 8.78 Å². The van der Waals surface area contributed by atoms with Crippen LogP contribution in [0.1, 0.15) is 30.4 Å². The van der Waals surface area contributed by atoms with Crippen LogP contribution in [0.5, 0.6) is 0 Å². The molecule has 1 atom stereocenters. The minimum atomic E-state index is -0.374. The third kappa shape index (κ3) is 3.65. The summed E-state index contributed by atoms with van der Waals surface area (Å²) in [5.41, 5.74) is 12.8. The second-order valence-corrected chi connectivity index (χ2v) is 5.70. The van der Waals surface area contributed by atoms with Crippen LogP contribution in [-0.4, -0.2) is 17.5 Å². The van der Waals surface area contributed by atoms with E-state index in [4.69, 9.17) is 11.5 Å². The molecule has 22 heavy (non-hydrogen) atoms. The summed E-state index contributed by atoms with van der Waals surface area (Å²) in [7, 11) is 0. The Labute approximate surface area is 130 Å². The predicted molar refractivity (Wildman–Crippen MR) is 84.7 cm³/mol. The van der Waals surface area contributed by atoms with Crippen molar-refractivity contribution in [1.82, 2.24) is 4.90 Å². The van der Waals surface area contributed by atoms with E-state index < -0.39 is 0 Å². The lowest BCUT2D eigenvalue weighted by Crippen LogP contribution is -2.40. The fraction of sp³-hybridized carbons (Fsp3) is 0.412. The van der Waals surface area contributed by atoms with Crippen LogP contribution in [0.15, 0.2) is 36.2 Å². The van der Waals surface area contributed by atoms with Gasteiger partial charge in [-0.3, -0.25) is 4.90 Å². The van der Waals surface area contributed by atoms with Crippen molar-refractivity contribution in [3.05, 3.63) is 58.9 Å². The van der Waals surface area contributed by atoms with Gasteiger partial charge in [-0.1, -0.05) is 6.42 Å². The minimum absolute atomic E-state index is 0.0855. The van der Waals surface area contributed by atoms with E-state index in [0.29, 0.717) is 17.7 Å². The first-order valence-electron chi connectivity index (χ1n) is 7.55. The van der Waals surface area contributed by atoms with Crippen molar-refractivity contribution in [2.24, 2.45) is 11.5 Å². The smallest absolute Gasteiger partial charge is 0.128 e. The van der Waals surface area contributed by atoms with Crippen molar-refractivity contribution < 1.29 is 8.78 Å². The molecule has 2 rings (SSSR count). The van der Waals surface area contributed by atoms with Gasteiger partial charge in [-0.05, 0) is 68.1 Å². The zero-order valence-corrected chi connectivity index (χ0v) is 12.9. The molecule has 0 amide bonds. The number of piperidine rings is 1. The van der Waals surface area contributed by atoms with Crippen LogP contribution in [0, 0.1) is 18.6 Å². The molecule has 120 valence electrons. The summed E-state index contributed by atoms with van der Waals surface area (Å²) in [6.07, 6.45) is 7.83.